The Balaban J connectivity index is 2.49. The Bertz CT molecular complexity index is 780. The van der Waals surface area contributed by atoms with Crippen LogP contribution in [0.5, 0.6) is 0 Å². The molecule has 25 heavy (non-hydrogen) atoms. The third-order valence-electron chi connectivity index (χ3n) is 3.03. The number of halogens is 6. The molecule has 0 aliphatic rings. The minimum atomic E-state index is -5.06. The zero-order valence-electron chi connectivity index (χ0n) is 12.2. The summed E-state index contributed by atoms with van der Waals surface area (Å²) in [6.45, 7) is 0. The van der Waals surface area contributed by atoms with E-state index in [0.29, 0.717) is 12.1 Å². The molecule has 2 N–H and O–H groups in total. The monoisotopic (exact) mass is 361 g/mol. The van der Waals surface area contributed by atoms with Crippen molar-refractivity contribution in [3.63, 3.8) is 0 Å². The predicted octanol–water partition coefficient (Wildman–Crippen LogP) is 3.66. The quantitative estimate of drug-likeness (QED) is 0.504. The van der Waals surface area contributed by atoms with Crippen LogP contribution in [0.4, 0.5) is 26.3 Å². The lowest BCUT2D eigenvalue weighted by atomic mass is 10.0. The van der Waals surface area contributed by atoms with Crippen LogP contribution in [0.3, 0.4) is 0 Å². The smallest absolute Gasteiger partial charge is 0.383 e. The van der Waals surface area contributed by atoms with Gasteiger partial charge in [0.05, 0.1) is 11.1 Å². The molecule has 2 aromatic rings. The largest absolute Gasteiger partial charge is 0.416 e. The first-order valence-corrected chi connectivity index (χ1v) is 6.57. The standard InChI is InChI=1S/C15H9F6N3O/c16-14(17,18)10-5-9(6-11(7-10)15(19,20)21)13(25)24-12(22)8-1-3-23-4-2-8/h1-7H,(H2,22,24,25). The van der Waals surface area contributed by atoms with Gasteiger partial charge in [-0.3, -0.25) is 9.78 Å². The lowest BCUT2D eigenvalue weighted by Gasteiger charge is -2.13. The van der Waals surface area contributed by atoms with E-state index < -0.39 is 35.0 Å². The highest BCUT2D eigenvalue weighted by Gasteiger charge is 2.37. The predicted molar refractivity (Wildman–Crippen MR) is 75.7 cm³/mol. The molecule has 0 saturated carbocycles. The molecule has 0 aliphatic heterocycles. The number of aliphatic imine (C=N–C) groups is 1. The van der Waals surface area contributed by atoms with Gasteiger partial charge in [0.1, 0.15) is 5.84 Å². The van der Waals surface area contributed by atoms with E-state index in [2.05, 4.69) is 9.98 Å². The SMILES string of the molecule is NC(=NC(=O)c1cc(C(F)(F)F)cc(C(F)(F)F)c1)c1ccncc1. The second kappa shape index (κ2) is 6.54. The molecule has 4 nitrogen and oxygen atoms in total. The van der Waals surface area contributed by atoms with Gasteiger partial charge in [0.25, 0.3) is 5.91 Å². The van der Waals surface area contributed by atoms with E-state index in [1.165, 1.54) is 24.5 Å². The van der Waals surface area contributed by atoms with Crippen LogP contribution in [-0.4, -0.2) is 16.7 Å². The Labute approximate surface area is 137 Å². The van der Waals surface area contributed by atoms with Crippen molar-refractivity contribution in [1.29, 1.82) is 0 Å². The molecular formula is C15H9F6N3O. The van der Waals surface area contributed by atoms with Crippen molar-refractivity contribution < 1.29 is 31.1 Å². The van der Waals surface area contributed by atoms with Gasteiger partial charge in [-0.1, -0.05) is 0 Å². The van der Waals surface area contributed by atoms with Crippen LogP contribution in [0, 0.1) is 0 Å². The molecule has 0 unspecified atom stereocenters. The molecule has 0 fully saturated rings. The molecule has 10 heteroatoms. The number of nitrogens with two attached hydrogens (primary N) is 1. The summed E-state index contributed by atoms with van der Waals surface area (Å²) in [6, 6.07) is 3.26. The van der Waals surface area contributed by atoms with E-state index in [9.17, 15) is 31.1 Å². The van der Waals surface area contributed by atoms with Gasteiger partial charge in [-0.2, -0.15) is 31.3 Å². The number of benzene rings is 1. The number of amides is 1. The van der Waals surface area contributed by atoms with Gasteiger partial charge >= 0.3 is 12.4 Å². The molecule has 0 atom stereocenters. The van der Waals surface area contributed by atoms with Crippen LogP contribution in [0.25, 0.3) is 0 Å². The first-order valence-electron chi connectivity index (χ1n) is 6.57. The maximum absolute atomic E-state index is 12.8. The maximum atomic E-state index is 12.8. The van der Waals surface area contributed by atoms with Gasteiger partial charge in [-0.25, -0.2) is 0 Å². The zero-order chi connectivity index (χ0) is 18.8. The van der Waals surface area contributed by atoms with Gasteiger partial charge in [-0.05, 0) is 30.3 Å². The highest BCUT2D eigenvalue weighted by atomic mass is 19.4. The molecule has 0 spiro atoms. The van der Waals surface area contributed by atoms with Crippen molar-refractivity contribution in [2.75, 3.05) is 0 Å². The summed E-state index contributed by atoms with van der Waals surface area (Å²) in [7, 11) is 0. The molecule has 1 heterocycles. The van der Waals surface area contributed by atoms with E-state index >= 15 is 0 Å². The fourth-order valence-corrected chi connectivity index (χ4v) is 1.84. The Morgan fingerprint density at radius 1 is 0.880 bits per heavy atom. The van der Waals surface area contributed by atoms with E-state index in [0.717, 1.165) is 0 Å². The summed E-state index contributed by atoms with van der Waals surface area (Å²) in [5, 5.41) is 0. The molecule has 1 aromatic heterocycles. The van der Waals surface area contributed by atoms with Gasteiger partial charge in [0, 0.05) is 23.5 Å². The van der Waals surface area contributed by atoms with Crippen molar-refractivity contribution in [3.05, 3.63) is 65.0 Å². The highest BCUT2D eigenvalue weighted by Crippen LogP contribution is 2.36. The number of carbonyl (C=O) groups is 1. The first kappa shape index (κ1) is 18.4. The van der Waals surface area contributed by atoms with Crippen LogP contribution >= 0.6 is 0 Å². The third kappa shape index (κ3) is 4.55. The molecule has 0 aliphatic carbocycles. The van der Waals surface area contributed by atoms with Gasteiger partial charge in [0.2, 0.25) is 0 Å². The molecule has 1 aromatic carbocycles. The van der Waals surface area contributed by atoms with Crippen molar-refractivity contribution in [2.45, 2.75) is 12.4 Å². The van der Waals surface area contributed by atoms with Crippen molar-refractivity contribution in [1.82, 2.24) is 4.98 Å². The fraction of sp³-hybridized carbons (Fsp3) is 0.133. The molecular weight excluding hydrogens is 352 g/mol. The van der Waals surface area contributed by atoms with Gasteiger partial charge in [-0.15, -0.1) is 0 Å². The van der Waals surface area contributed by atoms with E-state index in [1.807, 2.05) is 0 Å². The summed E-state index contributed by atoms with van der Waals surface area (Å²) in [5.41, 5.74) is 1.69. The number of rotatable bonds is 2. The number of amidine groups is 1. The minimum absolute atomic E-state index is 0.0767. The number of nitrogens with zero attached hydrogens (tertiary/aromatic N) is 2. The number of hydrogen-bond acceptors (Lipinski definition) is 2. The lowest BCUT2D eigenvalue weighted by Crippen LogP contribution is -2.17. The van der Waals surface area contributed by atoms with Crippen LogP contribution < -0.4 is 5.73 Å². The Hall–Kier alpha value is -2.91. The second-order valence-electron chi connectivity index (χ2n) is 4.83. The van der Waals surface area contributed by atoms with Crippen molar-refractivity contribution >= 4 is 11.7 Å². The zero-order valence-corrected chi connectivity index (χ0v) is 12.2. The fourth-order valence-electron chi connectivity index (χ4n) is 1.84. The van der Waals surface area contributed by atoms with Gasteiger partial charge < -0.3 is 5.73 Å². The number of hydrogen-bond donors (Lipinski definition) is 1. The summed E-state index contributed by atoms with van der Waals surface area (Å²) in [6.07, 6.45) is -7.46. The molecule has 0 saturated heterocycles. The molecule has 1 amide bonds. The van der Waals surface area contributed by atoms with Crippen LogP contribution in [0.2, 0.25) is 0 Å². The Morgan fingerprint density at radius 2 is 1.36 bits per heavy atom. The second-order valence-corrected chi connectivity index (χ2v) is 4.83. The van der Waals surface area contributed by atoms with Crippen LogP contribution in [0.1, 0.15) is 27.0 Å². The summed E-state index contributed by atoms with van der Waals surface area (Å²) in [4.78, 5) is 19.0. The normalized spacial score (nSPS) is 13.0. The van der Waals surface area contributed by atoms with Gasteiger partial charge in [0.15, 0.2) is 0 Å². The minimum Gasteiger partial charge on any atom is -0.383 e. The highest BCUT2D eigenvalue weighted by molar-refractivity contribution is 6.08. The van der Waals surface area contributed by atoms with Crippen molar-refractivity contribution in [3.8, 4) is 0 Å². The summed E-state index contributed by atoms with van der Waals surface area (Å²) >= 11 is 0. The number of aromatic nitrogens is 1. The number of carbonyl (C=O) groups excluding carboxylic acids is 1. The number of pyridine rings is 1. The Kier molecular flexibility index (Phi) is 4.82. The van der Waals surface area contributed by atoms with E-state index in [1.54, 1.807) is 0 Å². The number of alkyl halides is 6. The average Bonchev–Trinajstić information content (AvgIpc) is 2.53. The molecule has 0 bridgehead atoms. The summed E-state index contributed by atoms with van der Waals surface area (Å²) < 4.78 is 76.7. The third-order valence-corrected chi connectivity index (χ3v) is 3.03. The Morgan fingerprint density at radius 3 is 1.80 bits per heavy atom. The molecule has 2 rings (SSSR count). The van der Waals surface area contributed by atoms with E-state index in [4.69, 9.17) is 5.73 Å². The van der Waals surface area contributed by atoms with Crippen molar-refractivity contribution in [2.24, 2.45) is 10.7 Å². The van der Waals surface area contributed by atoms with E-state index in [-0.39, 0.29) is 17.5 Å². The van der Waals surface area contributed by atoms with Crippen LogP contribution in [-0.2, 0) is 12.4 Å². The lowest BCUT2D eigenvalue weighted by molar-refractivity contribution is -0.143. The topological polar surface area (TPSA) is 68.3 Å². The summed E-state index contributed by atoms with van der Waals surface area (Å²) in [5.74, 6) is -1.69. The average molecular weight is 361 g/mol. The maximum Gasteiger partial charge on any atom is 0.416 e. The molecule has 132 valence electrons. The van der Waals surface area contributed by atoms with Crippen LogP contribution in [0.15, 0.2) is 47.7 Å². The molecule has 0 radical (unpaired) electrons. The first-order chi connectivity index (χ1) is 11.5.